The predicted molar refractivity (Wildman–Crippen MR) is 74.5 cm³/mol. The Labute approximate surface area is 130 Å². The molecule has 0 aliphatic carbocycles. The lowest BCUT2D eigenvalue weighted by Crippen LogP contribution is -2.58. The molecule has 2 N–H and O–H groups in total. The first-order chi connectivity index (χ1) is 10.9. The number of benzene rings is 1. The van der Waals surface area contributed by atoms with Gasteiger partial charge in [0, 0.05) is 12.0 Å². The van der Waals surface area contributed by atoms with Gasteiger partial charge >= 0.3 is 5.97 Å². The first-order valence-corrected chi connectivity index (χ1v) is 6.95. The minimum absolute atomic E-state index is 0.0372. The third-order valence-corrected chi connectivity index (χ3v) is 3.97. The Kier molecular flexibility index (Phi) is 3.44. The molecule has 1 unspecified atom stereocenters. The number of imide groups is 2. The number of nitrogens with zero attached hydrogens (tertiary/aromatic N) is 1. The van der Waals surface area contributed by atoms with Gasteiger partial charge in [0.05, 0.1) is 12.0 Å². The first kappa shape index (κ1) is 14.9. The zero-order valence-corrected chi connectivity index (χ0v) is 11.9. The highest BCUT2D eigenvalue weighted by Gasteiger charge is 2.42. The fraction of sp³-hybridized carbons (Fsp3) is 0.267. The van der Waals surface area contributed by atoms with Gasteiger partial charge in [-0.3, -0.25) is 29.4 Å². The molecule has 1 atom stereocenters. The Balaban J connectivity index is 2.01. The van der Waals surface area contributed by atoms with Crippen LogP contribution in [0.15, 0.2) is 18.2 Å². The number of piperidine rings is 1. The molecule has 2 aliphatic rings. The number of carbonyl (C=O) groups excluding carboxylic acids is 4. The number of nitrogens with one attached hydrogen (secondary N) is 1. The second-order valence-electron chi connectivity index (χ2n) is 5.35. The second-order valence-corrected chi connectivity index (χ2v) is 5.35. The Morgan fingerprint density at radius 2 is 1.96 bits per heavy atom. The number of carbonyl (C=O) groups is 5. The highest BCUT2D eigenvalue weighted by molar-refractivity contribution is 6.15. The predicted octanol–water partition coefficient (Wildman–Crippen LogP) is -0.285. The van der Waals surface area contributed by atoms with Crippen molar-refractivity contribution in [1.82, 2.24) is 10.2 Å². The molecule has 0 bridgehead atoms. The summed E-state index contributed by atoms with van der Waals surface area (Å²) in [5.41, 5.74) is 0.139. The van der Waals surface area contributed by atoms with Crippen LogP contribution in [0.1, 0.15) is 39.1 Å². The van der Waals surface area contributed by atoms with E-state index in [9.17, 15) is 24.0 Å². The maximum Gasteiger partial charge on any atom is 0.336 e. The molecule has 0 saturated carbocycles. The number of carboxylic acids is 1. The lowest BCUT2D eigenvalue weighted by atomic mass is 9.91. The van der Waals surface area contributed by atoms with Gasteiger partial charge in [-0.1, -0.05) is 6.07 Å². The first-order valence-electron chi connectivity index (χ1n) is 6.95. The van der Waals surface area contributed by atoms with E-state index in [1.807, 2.05) is 0 Å². The van der Waals surface area contributed by atoms with Gasteiger partial charge in [-0.15, -0.1) is 0 Å². The molecule has 0 radical (unpaired) electrons. The second kappa shape index (κ2) is 5.31. The van der Waals surface area contributed by atoms with Gasteiger partial charge in [0.2, 0.25) is 17.7 Å². The SMILES string of the molecule is O=C1CCC(N2C(=O)Cc3c(C(=O)O)cccc3C2=O)C(=O)N1. The van der Waals surface area contributed by atoms with Crippen molar-refractivity contribution in [3.63, 3.8) is 0 Å². The van der Waals surface area contributed by atoms with E-state index in [2.05, 4.69) is 5.32 Å². The van der Waals surface area contributed by atoms with E-state index in [-0.39, 0.29) is 36.0 Å². The van der Waals surface area contributed by atoms with Crippen molar-refractivity contribution in [2.75, 3.05) is 0 Å². The van der Waals surface area contributed by atoms with Crippen LogP contribution in [-0.4, -0.2) is 45.6 Å². The quantitative estimate of drug-likeness (QED) is 0.724. The average Bonchev–Trinajstić information content (AvgIpc) is 2.48. The standard InChI is InChI=1S/C15H12N2O6/c18-11-5-4-10(13(20)16-11)17-12(19)6-9-7(14(17)21)2-1-3-8(9)15(22)23/h1-3,10H,4-6H2,(H,22,23)(H,16,18,20). The van der Waals surface area contributed by atoms with E-state index in [4.69, 9.17) is 5.11 Å². The lowest BCUT2D eigenvalue weighted by molar-refractivity contribution is -0.143. The van der Waals surface area contributed by atoms with Crippen LogP contribution in [0, 0.1) is 0 Å². The highest BCUT2D eigenvalue weighted by atomic mass is 16.4. The molecule has 4 amide bonds. The summed E-state index contributed by atoms with van der Waals surface area (Å²) in [6.45, 7) is 0. The summed E-state index contributed by atoms with van der Waals surface area (Å²) in [5.74, 6) is -3.73. The Hall–Kier alpha value is -3.03. The molecule has 8 heteroatoms. The van der Waals surface area contributed by atoms with Crippen LogP contribution in [0.5, 0.6) is 0 Å². The molecule has 1 aromatic rings. The number of hydrogen-bond acceptors (Lipinski definition) is 5. The normalized spacial score (nSPS) is 21.0. The average molecular weight is 316 g/mol. The zero-order chi connectivity index (χ0) is 16.7. The van der Waals surface area contributed by atoms with Gasteiger partial charge in [0.1, 0.15) is 6.04 Å². The third-order valence-electron chi connectivity index (χ3n) is 3.97. The van der Waals surface area contributed by atoms with Crippen LogP contribution in [0.3, 0.4) is 0 Å². The number of rotatable bonds is 2. The molecule has 1 aromatic carbocycles. The van der Waals surface area contributed by atoms with Gasteiger partial charge in [0.15, 0.2) is 0 Å². The molecule has 1 saturated heterocycles. The molecular formula is C15H12N2O6. The summed E-state index contributed by atoms with van der Waals surface area (Å²) < 4.78 is 0. The fourth-order valence-electron chi connectivity index (χ4n) is 2.90. The molecule has 8 nitrogen and oxygen atoms in total. The van der Waals surface area contributed by atoms with Crippen LogP contribution in [0.2, 0.25) is 0 Å². The van der Waals surface area contributed by atoms with E-state index >= 15 is 0 Å². The maximum atomic E-state index is 12.6. The van der Waals surface area contributed by atoms with E-state index in [0.29, 0.717) is 0 Å². The molecule has 0 aromatic heterocycles. The summed E-state index contributed by atoms with van der Waals surface area (Å²) in [6.07, 6.45) is -0.174. The van der Waals surface area contributed by atoms with Gasteiger partial charge in [-0.05, 0) is 24.1 Å². The maximum absolute atomic E-state index is 12.6. The molecule has 3 rings (SSSR count). The van der Waals surface area contributed by atoms with E-state index < -0.39 is 35.6 Å². The van der Waals surface area contributed by atoms with Crippen molar-refractivity contribution in [2.24, 2.45) is 0 Å². The largest absolute Gasteiger partial charge is 0.478 e. The molecule has 23 heavy (non-hydrogen) atoms. The van der Waals surface area contributed by atoms with Crippen molar-refractivity contribution < 1.29 is 29.1 Å². The van der Waals surface area contributed by atoms with Crippen molar-refractivity contribution in [3.8, 4) is 0 Å². The van der Waals surface area contributed by atoms with Gasteiger partial charge in [0.25, 0.3) is 5.91 Å². The Morgan fingerprint density at radius 1 is 1.22 bits per heavy atom. The molecule has 2 aliphatic heterocycles. The van der Waals surface area contributed by atoms with Gasteiger partial charge < -0.3 is 5.11 Å². The lowest BCUT2D eigenvalue weighted by Gasteiger charge is -2.34. The molecule has 1 fully saturated rings. The zero-order valence-electron chi connectivity index (χ0n) is 11.9. The topological polar surface area (TPSA) is 121 Å². The number of amides is 4. The van der Waals surface area contributed by atoms with E-state index in [1.54, 1.807) is 0 Å². The fourth-order valence-corrected chi connectivity index (χ4v) is 2.90. The molecule has 2 heterocycles. The minimum Gasteiger partial charge on any atom is -0.478 e. The molecular weight excluding hydrogens is 304 g/mol. The molecule has 0 spiro atoms. The summed E-state index contributed by atoms with van der Waals surface area (Å²) in [6, 6.07) is 3.12. The number of aromatic carboxylic acids is 1. The molecule has 118 valence electrons. The van der Waals surface area contributed by atoms with Crippen molar-refractivity contribution in [3.05, 3.63) is 34.9 Å². The minimum atomic E-state index is -1.23. The Bertz CT molecular complexity index is 769. The van der Waals surface area contributed by atoms with Gasteiger partial charge in [-0.25, -0.2) is 4.79 Å². The van der Waals surface area contributed by atoms with E-state index in [1.165, 1.54) is 18.2 Å². The van der Waals surface area contributed by atoms with E-state index in [0.717, 1.165) is 4.90 Å². The van der Waals surface area contributed by atoms with Crippen molar-refractivity contribution in [1.29, 1.82) is 0 Å². The van der Waals surface area contributed by atoms with Crippen molar-refractivity contribution >= 4 is 29.6 Å². The van der Waals surface area contributed by atoms with Crippen LogP contribution in [0.25, 0.3) is 0 Å². The highest BCUT2D eigenvalue weighted by Crippen LogP contribution is 2.27. The van der Waals surface area contributed by atoms with Crippen LogP contribution in [-0.2, 0) is 20.8 Å². The van der Waals surface area contributed by atoms with Gasteiger partial charge in [-0.2, -0.15) is 0 Å². The van der Waals surface area contributed by atoms with Crippen molar-refractivity contribution in [2.45, 2.75) is 25.3 Å². The summed E-state index contributed by atoms with van der Waals surface area (Å²) in [5, 5.41) is 11.3. The summed E-state index contributed by atoms with van der Waals surface area (Å²) in [7, 11) is 0. The number of carboxylic acid groups (broad SMARTS) is 1. The number of hydrogen-bond donors (Lipinski definition) is 2. The van der Waals surface area contributed by atoms with Crippen LogP contribution < -0.4 is 5.32 Å². The third kappa shape index (κ3) is 2.37. The smallest absolute Gasteiger partial charge is 0.336 e. The summed E-state index contributed by atoms with van der Waals surface area (Å²) >= 11 is 0. The van der Waals surface area contributed by atoms with Crippen LogP contribution in [0.4, 0.5) is 0 Å². The monoisotopic (exact) mass is 316 g/mol. The van der Waals surface area contributed by atoms with Crippen LogP contribution >= 0.6 is 0 Å². The number of fused-ring (bicyclic) bond motifs is 1. The Morgan fingerprint density at radius 3 is 2.61 bits per heavy atom. The summed E-state index contributed by atoms with van der Waals surface area (Å²) in [4.78, 5) is 60.0.